The molecule has 0 spiro atoms. The van der Waals surface area contributed by atoms with Gasteiger partial charge >= 0.3 is 0 Å². The lowest BCUT2D eigenvalue weighted by Gasteiger charge is -2.22. The van der Waals surface area contributed by atoms with Crippen LogP contribution in [-0.2, 0) is 6.54 Å². The second-order valence-corrected chi connectivity index (χ2v) is 8.26. The number of aromatic nitrogens is 4. The number of nitrogens with zero attached hydrogens (tertiary/aromatic N) is 4. The van der Waals surface area contributed by atoms with Gasteiger partial charge in [-0.25, -0.2) is 15.0 Å². The summed E-state index contributed by atoms with van der Waals surface area (Å²) in [5.74, 6) is 9.46. The van der Waals surface area contributed by atoms with Crippen molar-refractivity contribution in [1.82, 2.24) is 19.5 Å². The molecule has 2 aromatic heterocycles. The Morgan fingerprint density at radius 2 is 2.04 bits per heavy atom. The zero-order chi connectivity index (χ0) is 19.9. The lowest BCUT2D eigenvalue weighted by Crippen LogP contribution is -2.19. The van der Waals surface area contributed by atoms with Crippen molar-refractivity contribution < 1.29 is 0 Å². The maximum absolute atomic E-state index is 4.79. The van der Waals surface area contributed by atoms with Gasteiger partial charge in [-0.2, -0.15) is 0 Å². The fourth-order valence-corrected chi connectivity index (χ4v) is 4.01. The summed E-state index contributed by atoms with van der Waals surface area (Å²) in [5.41, 5.74) is 1.76. The SMILES string of the molecule is CCCCn1cnc2c(NC(CC)CC)nc(C#CC3CCC[C@@H](C)C3)nc21. The highest BCUT2D eigenvalue weighted by atomic mass is 15.2. The molecule has 2 aromatic rings. The lowest BCUT2D eigenvalue weighted by molar-refractivity contribution is 0.333. The third kappa shape index (κ3) is 5.04. The van der Waals surface area contributed by atoms with E-state index in [1.54, 1.807) is 0 Å². The predicted molar refractivity (Wildman–Crippen MR) is 116 cm³/mol. The highest BCUT2D eigenvalue weighted by Gasteiger charge is 2.18. The van der Waals surface area contributed by atoms with Crippen molar-refractivity contribution in [1.29, 1.82) is 0 Å². The largest absolute Gasteiger partial charge is 0.365 e. The zero-order valence-electron chi connectivity index (χ0n) is 18.0. The Balaban J connectivity index is 1.94. The van der Waals surface area contributed by atoms with E-state index in [-0.39, 0.29) is 0 Å². The van der Waals surface area contributed by atoms with E-state index in [2.05, 4.69) is 54.4 Å². The number of hydrogen-bond donors (Lipinski definition) is 1. The van der Waals surface area contributed by atoms with E-state index in [0.717, 1.165) is 55.1 Å². The molecule has 0 aromatic carbocycles. The van der Waals surface area contributed by atoms with Gasteiger partial charge in [0.1, 0.15) is 0 Å². The fraction of sp³-hybridized carbons (Fsp3) is 0.696. The van der Waals surface area contributed by atoms with Gasteiger partial charge in [0.15, 0.2) is 17.0 Å². The molecule has 152 valence electrons. The van der Waals surface area contributed by atoms with Gasteiger partial charge in [0.2, 0.25) is 5.82 Å². The summed E-state index contributed by atoms with van der Waals surface area (Å²) in [6.07, 6.45) is 11.3. The van der Waals surface area contributed by atoms with Gasteiger partial charge < -0.3 is 9.88 Å². The summed E-state index contributed by atoms with van der Waals surface area (Å²) in [6, 6.07) is 0.388. The van der Waals surface area contributed by atoms with E-state index in [1.807, 2.05) is 6.33 Å². The number of nitrogens with one attached hydrogen (secondary N) is 1. The van der Waals surface area contributed by atoms with Crippen LogP contribution in [0.3, 0.4) is 0 Å². The predicted octanol–water partition coefficient (Wildman–Crippen LogP) is 5.40. The molecule has 1 N–H and O–H groups in total. The molecule has 0 radical (unpaired) electrons. The lowest BCUT2D eigenvalue weighted by atomic mass is 9.83. The standard InChI is InChI=1S/C23H35N5/c1-5-8-14-28-16-24-21-22(25-19(6-2)7-3)26-20(27-23(21)28)13-12-18-11-9-10-17(4)15-18/h16-19H,5-11,14-15H2,1-4H3,(H,25,26,27)/t17-,18?/m1/s1. The molecule has 0 bridgehead atoms. The first-order chi connectivity index (χ1) is 13.6. The van der Waals surface area contributed by atoms with Gasteiger partial charge in [-0.3, -0.25) is 0 Å². The number of rotatable bonds is 7. The second-order valence-electron chi connectivity index (χ2n) is 8.26. The Labute approximate surface area is 169 Å². The molecule has 0 amide bonds. The van der Waals surface area contributed by atoms with Crippen LogP contribution in [0.15, 0.2) is 6.33 Å². The van der Waals surface area contributed by atoms with Gasteiger partial charge in [0.05, 0.1) is 6.33 Å². The zero-order valence-corrected chi connectivity index (χ0v) is 18.0. The van der Waals surface area contributed by atoms with Crippen LogP contribution >= 0.6 is 0 Å². The molecule has 5 heteroatoms. The number of anilines is 1. The quantitative estimate of drug-likeness (QED) is 0.652. The van der Waals surface area contributed by atoms with Crippen molar-refractivity contribution >= 4 is 17.0 Å². The van der Waals surface area contributed by atoms with E-state index >= 15 is 0 Å². The molecule has 1 fully saturated rings. The second kappa shape index (κ2) is 9.91. The van der Waals surface area contributed by atoms with Crippen molar-refractivity contribution in [2.24, 2.45) is 11.8 Å². The molecule has 0 aliphatic heterocycles. The van der Waals surface area contributed by atoms with Crippen LogP contribution < -0.4 is 5.32 Å². The minimum Gasteiger partial charge on any atom is -0.365 e. The van der Waals surface area contributed by atoms with Crippen LogP contribution in [-0.4, -0.2) is 25.6 Å². The monoisotopic (exact) mass is 381 g/mol. The minimum absolute atomic E-state index is 0.388. The Morgan fingerprint density at radius 3 is 2.75 bits per heavy atom. The van der Waals surface area contributed by atoms with Crippen molar-refractivity contribution in [3.63, 3.8) is 0 Å². The smallest absolute Gasteiger partial charge is 0.208 e. The summed E-state index contributed by atoms with van der Waals surface area (Å²) >= 11 is 0. The average molecular weight is 382 g/mol. The van der Waals surface area contributed by atoms with E-state index in [0.29, 0.717) is 17.8 Å². The molecule has 5 nitrogen and oxygen atoms in total. The van der Waals surface area contributed by atoms with Gasteiger partial charge in [-0.15, -0.1) is 0 Å². The van der Waals surface area contributed by atoms with Crippen LogP contribution in [0.2, 0.25) is 0 Å². The topological polar surface area (TPSA) is 55.6 Å². The Hall–Kier alpha value is -2.09. The Kier molecular flexibility index (Phi) is 7.30. The van der Waals surface area contributed by atoms with Crippen molar-refractivity contribution in [3.05, 3.63) is 12.2 Å². The number of hydrogen-bond acceptors (Lipinski definition) is 4. The highest BCUT2D eigenvalue weighted by molar-refractivity contribution is 5.83. The van der Waals surface area contributed by atoms with E-state index in [9.17, 15) is 0 Å². The van der Waals surface area contributed by atoms with E-state index in [1.165, 1.54) is 25.7 Å². The third-order valence-corrected chi connectivity index (χ3v) is 5.87. The number of unbranched alkanes of at least 4 members (excludes halogenated alkanes) is 1. The van der Waals surface area contributed by atoms with Crippen molar-refractivity contribution in [2.75, 3.05) is 5.32 Å². The van der Waals surface area contributed by atoms with Crippen molar-refractivity contribution in [2.45, 2.75) is 91.6 Å². The highest BCUT2D eigenvalue weighted by Crippen LogP contribution is 2.28. The molecule has 2 atom stereocenters. The normalized spacial score (nSPS) is 19.6. The molecular weight excluding hydrogens is 346 g/mol. The Bertz CT molecular complexity index is 825. The first-order valence-corrected chi connectivity index (χ1v) is 11.1. The summed E-state index contributed by atoms with van der Waals surface area (Å²) in [7, 11) is 0. The molecule has 1 aliphatic rings. The van der Waals surface area contributed by atoms with Crippen LogP contribution in [0.4, 0.5) is 5.82 Å². The maximum Gasteiger partial charge on any atom is 0.208 e. The number of fused-ring (bicyclic) bond motifs is 1. The summed E-state index contributed by atoms with van der Waals surface area (Å²) < 4.78 is 2.15. The Morgan fingerprint density at radius 1 is 1.21 bits per heavy atom. The molecular formula is C23H35N5. The third-order valence-electron chi connectivity index (χ3n) is 5.87. The summed E-state index contributed by atoms with van der Waals surface area (Å²) in [5, 5.41) is 3.58. The fourth-order valence-electron chi connectivity index (χ4n) is 4.01. The maximum atomic E-state index is 4.79. The molecule has 3 rings (SSSR count). The van der Waals surface area contributed by atoms with Gasteiger partial charge in [-0.1, -0.05) is 52.9 Å². The molecule has 2 heterocycles. The molecule has 1 unspecified atom stereocenters. The van der Waals surface area contributed by atoms with Gasteiger partial charge in [0, 0.05) is 18.5 Å². The van der Waals surface area contributed by atoms with E-state index < -0.39 is 0 Å². The van der Waals surface area contributed by atoms with Crippen LogP contribution in [0.1, 0.15) is 84.9 Å². The molecule has 1 aliphatic carbocycles. The molecule has 28 heavy (non-hydrogen) atoms. The van der Waals surface area contributed by atoms with Gasteiger partial charge in [-0.05, 0) is 43.9 Å². The first kappa shape index (κ1) is 20.6. The number of aryl methyl sites for hydroxylation is 1. The van der Waals surface area contributed by atoms with Crippen LogP contribution in [0.25, 0.3) is 11.2 Å². The van der Waals surface area contributed by atoms with Crippen LogP contribution in [0, 0.1) is 23.7 Å². The van der Waals surface area contributed by atoms with Gasteiger partial charge in [0.25, 0.3) is 0 Å². The molecule has 0 saturated heterocycles. The summed E-state index contributed by atoms with van der Waals surface area (Å²) in [6.45, 7) is 9.87. The van der Waals surface area contributed by atoms with Crippen molar-refractivity contribution in [3.8, 4) is 11.8 Å². The van der Waals surface area contributed by atoms with E-state index in [4.69, 9.17) is 9.97 Å². The van der Waals surface area contributed by atoms with Crippen LogP contribution in [0.5, 0.6) is 0 Å². The first-order valence-electron chi connectivity index (χ1n) is 11.1. The summed E-state index contributed by atoms with van der Waals surface area (Å²) in [4.78, 5) is 14.2. The number of imidazole rings is 1. The molecule has 1 saturated carbocycles. The minimum atomic E-state index is 0.388. The average Bonchev–Trinajstić information content (AvgIpc) is 3.12.